The van der Waals surface area contributed by atoms with Crippen molar-refractivity contribution in [3.05, 3.63) is 30.1 Å². The van der Waals surface area contributed by atoms with E-state index in [0.717, 1.165) is 35.5 Å². The number of anilines is 2. The minimum Gasteiger partial charge on any atom is -0.367 e. The van der Waals surface area contributed by atoms with Crippen LogP contribution in [-0.4, -0.2) is 40.4 Å². The van der Waals surface area contributed by atoms with Crippen molar-refractivity contribution < 1.29 is 8.78 Å². The molecule has 0 bridgehead atoms. The van der Waals surface area contributed by atoms with Crippen molar-refractivity contribution in [2.24, 2.45) is 0 Å². The Morgan fingerprint density at radius 3 is 2.66 bits per heavy atom. The summed E-state index contributed by atoms with van der Waals surface area (Å²) in [7, 11) is 0. The van der Waals surface area contributed by atoms with Crippen LogP contribution in [-0.2, 0) is 6.42 Å². The first-order chi connectivity index (χ1) is 14.2. The van der Waals surface area contributed by atoms with Crippen LogP contribution in [0.15, 0.2) is 24.5 Å². The molecule has 0 aliphatic heterocycles. The van der Waals surface area contributed by atoms with Crippen LogP contribution in [0, 0.1) is 0 Å². The number of nitrogens with one attached hydrogen (secondary N) is 2. The maximum atomic E-state index is 13.6. The molecular formula is C22H31F2N5. The first kappa shape index (κ1) is 21.4. The van der Waals surface area contributed by atoms with Gasteiger partial charge in [0.05, 0.1) is 17.9 Å². The van der Waals surface area contributed by atoms with Gasteiger partial charge in [0.25, 0.3) is 0 Å². The van der Waals surface area contributed by atoms with Gasteiger partial charge >= 0.3 is 0 Å². The van der Waals surface area contributed by atoms with Gasteiger partial charge in [0.15, 0.2) is 0 Å². The maximum Gasteiger partial charge on any atom is 0.224 e. The van der Waals surface area contributed by atoms with E-state index in [2.05, 4.69) is 25.6 Å². The van der Waals surface area contributed by atoms with Gasteiger partial charge in [0.2, 0.25) is 5.95 Å². The molecule has 2 heterocycles. The number of halogens is 2. The van der Waals surface area contributed by atoms with Crippen LogP contribution in [0.5, 0.6) is 0 Å². The molecular weight excluding hydrogens is 372 g/mol. The minimum atomic E-state index is -0.924. The minimum absolute atomic E-state index is 0.195. The van der Waals surface area contributed by atoms with Crippen LogP contribution in [0.1, 0.15) is 57.4 Å². The molecule has 1 saturated carbocycles. The van der Waals surface area contributed by atoms with Gasteiger partial charge < -0.3 is 10.6 Å². The van der Waals surface area contributed by atoms with E-state index in [9.17, 15) is 8.78 Å². The lowest BCUT2D eigenvalue weighted by Crippen LogP contribution is -2.24. The molecule has 158 valence electrons. The summed E-state index contributed by atoms with van der Waals surface area (Å²) < 4.78 is 26.0. The van der Waals surface area contributed by atoms with E-state index >= 15 is 0 Å². The van der Waals surface area contributed by atoms with Crippen LogP contribution in [0.2, 0.25) is 0 Å². The molecule has 1 fully saturated rings. The predicted octanol–water partition coefficient (Wildman–Crippen LogP) is 5.35. The smallest absolute Gasteiger partial charge is 0.224 e. The molecule has 1 atom stereocenters. The molecule has 0 radical (unpaired) electrons. The van der Waals surface area contributed by atoms with Crippen molar-refractivity contribution in [1.82, 2.24) is 15.0 Å². The van der Waals surface area contributed by atoms with Crippen molar-refractivity contribution in [2.75, 3.05) is 23.9 Å². The van der Waals surface area contributed by atoms with Gasteiger partial charge in [-0.2, -0.15) is 4.98 Å². The predicted molar refractivity (Wildman–Crippen MR) is 114 cm³/mol. The van der Waals surface area contributed by atoms with Gasteiger partial charge in [-0.25, -0.2) is 9.37 Å². The number of aromatic nitrogens is 3. The lowest BCUT2D eigenvalue weighted by atomic mass is 9.95. The number of hydrogen-bond donors (Lipinski definition) is 2. The second-order valence-electron chi connectivity index (χ2n) is 7.67. The molecule has 0 saturated heterocycles. The van der Waals surface area contributed by atoms with Crippen LogP contribution in [0.3, 0.4) is 0 Å². The third-order valence-corrected chi connectivity index (χ3v) is 5.36. The highest BCUT2D eigenvalue weighted by Crippen LogP contribution is 2.29. The Morgan fingerprint density at radius 2 is 1.97 bits per heavy atom. The third-order valence-electron chi connectivity index (χ3n) is 5.36. The molecule has 2 aromatic heterocycles. The van der Waals surface area contributed by atoms with Gasteiger partial charge in [-0.3, -0.25) is 9.37 Å². The van der Waals surface area contributed by atoms with Gasteiger partial charge in [-0.15, -0.1) is 0 Å². The Labute approximate surface area is 171 Å². The van der Waals surface area contributed by atoms with E-state index < -0.39 is 6.17 Å². The first-order valence-corrected chi connectivity index (χ1v) is 10.7. The van der Waals surface area contributed by atoms with E-state index in [0.29, 0.717) is 31.3 Å². The van der Waals surface area contributed by atoms with Crippen molar-refractivity contribution >= 4 is 11.8 Å². The number of aryl methyl sites for hydroxylation is 1. The van der Waals surface area contributed by atoms with E-state index in [-0.39, 0.29) is 13.2 Å². The van der Waals surface area contributed by atoms with Crippen LogP contribution >= 0.6 is 0 Å². The largest absolute Gasteiger partial charge is 0.367 e. The van der Waals surface area contributed by atoms with Gasteiger partial charge in [0.1, 0.15) is 12.0 Å². The lowest BCUT2D eigenvalue weighted by molar-refractivity contribution is 0.340. The number of rotatable bonds is 10. The quantitative estimate of drug-likeness (QED) is 0.560. The Hall–Kier alpha value is -2.31. The maximum absolute atomic E-state index is 13.6. The molecule has 0 spiro atoms. The van der Waals surface area contributed by atoms with Crippen molar-refractivity contribution in [3.63, 3.8) is 0 Å². The molecule has 1 aliphatic rings. The Balaban J connectivity index is 1.81. The number of nitrogens with zero attached hydrogens (tertiary/aromatic N) is 3. The number of pyridine rings is 1. The molecule has 0 amide bonds. The average Bonchev–Trinajstić information content (AvgIpc) is 2.77. The molecule has 1 unspecified atom stereocenters. The summed E-state index contributed by atoms with van der Waals surface area (Å²) in [6, 6.07) is 4.28. The molecule has 1 aliphatic carbocycles. The highest BCUT2D eigenvalue weighted by molar-refractivity contribution is 5.72. The fourth-order valence-corrected chi connectivity index (χ4v) is 3.55. The normalized spacial score (nSPS) is 15.8. The summed E-state index contributed by atoms with van der Waals surface area (Å²) in [4.78, 5) is 13.6. The van der Waals surface area contributed by atoms with Gasteiger partial charge in [-0.1, -0.05) is 32.3 Å². The highest BCUT2D eigenvalue weighted by Gasteiger charge is 2.18. The first-order valence-electron chi connectivity index (χ1n) is 10.7. The lowest BCUT2D eigenvalue weighted by Gasteiger charge is -2.24. The summed E-state index contributed by atoms with van der Waals surface area (Å²) in [5, 5.41) is 6.56. The topological polar surface area (TPSA) is 62.7 Å². The Morgan fingerprint density at radius 1 is 1.14 bits per heavy atom. The fourth-order valence-electron chi connectivity index (χ4n) is 3.55. The standard InChI is InChI=1S/C22H31F2N5/c1-2-17(24)14-26-22-27-15-19(20-11-10-16(13-25-20)7-6-12-23)21(29-22)28-18-8-4-3-5-9-18/h10-11,13,15,17-18H,2-9,12,14H2,1H3,(H2,26,27,28,29). The van der Waals surface area contributed by atoms with Crippen LogP contribution in [0.25, 0.3) is 11.3 Å². The summed E-state index contributed by atoms with van der Waals surface area (Å²) >= 11 is 0. The SMILES string of the molecule is CCC(F)CNc1ncc(-c2ccc(CCCF)cn2)c(NC2CCCCC2)n1. The summed E-state index contributed by atoms with van der Waals surface area (Å²) in [5.41, 5.74) is 2.61. The van der Waals surface area contributed by atoms with E-state index in [4.69, 9.17) is 0 Å². The van der Waals surface area contributed by atoms with E-state index in [1.54, 1.807) is 12.4 Å². The molecule has 5 nitrogen and oxygen atoms in total. The van der Waals surface area contributed by atoms with E-state index in [1.807, 2.05) is 19.1 Å². The summed E-state index contributed by atoms with van der Waals surface area (Å²) in [6.07, 6.45) is 10.2. The van der Waals surface area contributed by atoms with Gasteiger partial charge in [0, 0.05) is 25.0 Å². The zero-order valence-corrected chi connectivity index (χ0v) is 17.1. The number of alkyl halides is 2. The third kappa shape index (κ3) is 6.34. The molecule has 2 N–H and O–H groups in total. The van der Waals surface area contributed by atoms with Crippen molar-refractivity contribution in [2.45, 2.75) is 70.5 Å². The average molecular weight is 404 g/mol. The molecule has 2 aromatic rings. The molecule has 0 aromatic carbocycles. The molecule has 3 rings (SSSR count). The highest BCUT2D eigenvalue weighted by atomic mass is 19.1. The van der Waals surface area contributed by atoms with Crippen molar-refractivity contribution in [3.8, 4) is 11.3 Å². The van der Waals surface area contributed by atoms with Gasteiger partial charge in [-0.05, 0) is 43.7 Å². The van der Waals surface area contributed by atoms with E-state index in [1.165, 1.54) is 19.3 Å². The van der Waals surface area contributed by atoms with Crippen LogP contribution < -0.4 is 10.6 Å². The summed E-state index contributed by atoms with van der Waals surface area (Å²) in [6.45, 7) is 1.69. The second kappa shape index (κ2) is 11.0. The van der Waals surface area contributed by atoms with Crippen LogP contribution in [0.4, 0.5) is 20.5 Å². The Bertz CT molecular complexity index is 747. The second-order valence-corrected chi connectivity index (χ2v) is 7.67. The zero-order valence-electron chi connectivity index (χ0n) is 17.1. The van der Waals surface area contributed by atoms with Crippen molar-refractivity contribution in [1.29, 1.82) is 0 Å². The Kier molecular flexibility index (Phi) is 8.14. The molecule has 29 heavy (non-hydrogen) atoms. The molecule has 7 heteroatoms. The zero-order chi connectivity index (χ0) is 20.5. The fraction of sp³-hybridized carbons (Fsp3) is 0.591. The number of hydrogen-bond acceptors (Lipinski definition) is 5. The monoisotopic (exact) mass is 403 g/mol. The summed E-state index contributed by atoms with van der Waals surface area (Å²) in [5.74, 6) is 1.15.